The fraction of sp³-hybridized carbons (Fsp3) is 0.767. The molecule has 15 nitrogen and oxygen atoms in total. The van der Waals surface area contributed by atoms with Crippen LogP contribution in [0.2, 0.25) is 0 Å². The average molecular weight is 641 g/mol. The number of nitrogens with zero attached hydrogens (tertiary/aromatic N) is 1. The maximum Gasteiger partial charge on any atom is 0.326 e. The minimum Gasteiger partial charge on any atom is -0.481 e. The topological polar surface area (TPSA) is 223 Å². The van der Waals surface area contributed by atoms with Crippen molar-refractivity contribution in [3.05, 3.63) is 0 Å². The van der Waals surface area contributed by atoms with Crippen molar-refractivity contribution in [2.45, 2.75) is 117 Å². The van der Waals surface area contributed by atoms with E-state index >= 15 is 0 Å². The smallest absolute Gasteiger partial charge is 0.326 e. The zero-order valence-corrected chi connectivity index (χ0v) is 27.7. The fourth-order valence-corrected chi connectivity index (χ4v) is 5.30. The lowest BCUT2D eigenvalue weighted by Gasteiger charge is -2.43. The molecule has 5 atom stereocenters. The molecule has 0 spiro atoms. The van der Waals surface area contributed by atoms with E-state index in [4.69, 9.17) is 0 Å². The first-order valence-electron chi connectivity index (χ1n) is 15.5. The Kier molecular flexibility index (Phi) is 15.2. The Labute approximate surface area is 265 Å². The van der Waals surface area contributed by atoms with Crippen molar-refractivity contribution in [1.29, 1.82) is 0 Å². The van der Waals surface area contributed by atoms with Gasteiger partial charge in [-0.05, 0) is 43.4 Å². The van der Waals surface area contributed by atoms with Gasteiger partial charge in [0.25, 0.3) is 0 Å². The summed E-state index contributed by atoms with van der Waals surface area (Å²) in [6, 6.07) is -6.28. The highest BCUT2D eigenvalue weighted by Gasteiger charge is 2.47. The van der Waals surface area contributed by atoms with Gasteiger partial charge in [0.05, 0.1) is 12.3 Å². The van der Waals surface area contributed by atoms with Gasteiger partial charge in [0.15, 0.2) is 0 Å². The third kappa shape index (κ3) is 11.8. The molecule has 0 aromatic carbocycles. The molecule has 1 heterocycles. The number of carboxylic acids is 2. The van der Waals surface area contributed by atoms with E-state index in [1.165, 1.54) is 11.9 Å². The molecule has 1 aliphatic heterocycles. The average Bonchev–Trinajstić information content (AvgIpc) is 2.95. The summed E-state index contributed by atoms with van der Waals surface area (Å²) in [6.07, 6.45) is 1.12. The summed E-state index contributed by atoms with van der Waals surface area (Å²) < 4.78 is 0. The summed E-state index contributed by atoms with van der Waals surface area (Å²) >= 11 is 0. The zero-order valence-electron chi connectivity index (χ0n) is 27.7. The highest BCUT2D eigenvalue weighted by molar-refractivity contribution is 5.99. The van der Waals surface area contributed by atoms with Crippen LogP contribution in [0.4, 0.5) is 4.79 Å². The van der Waals surface area contributed by atoms with Crippen LogP contribution in [0.1, 0.15) is 87.0 Å². The van der Waals surface area contributed by atoms with E-state index < -0.39 is 83.5 Å². The van der Waals surface area contributed by atoms with Gasteiger partial charge < -0.3 is 41.7 Å². The molecule has 0 aromatic heterocycles. The largest absolute Gasteiger partial charge is 0.481 e. The van der Waals surface area contributed by atoms with Crippen LogP contribution in [-0.2, 0) is 28.8 Å². The van der Waals surface area contributed by atoms with Crippen molar-refractivity contribution in [3.8, 4) is 0 Å². The molecule has 256 valence electrons. The summed E-state index contributed by atoms with van der Waals surface area (Å²) in [5.41, 5.74) is -0.822. The lowest BCUT2D eigenvalue weighted by Crippen LogP contribution is -2.66. The molecule has 1 fully saturated rings. The number of carbonyl (C=O) groups is 7. The highest BCUT2D eigenvalue weighted by Crippen LogP contribution is 2.29. The van der Waals surface area contributed by atoms with E-state index in [1.54, 1.807) is 34.6 Å². The summed E-state index contributed by atoms with van der Waals surface area (Å²) in [5, 5.41) is 31.8. The van der Waals surface area contributed by atoms with Gasteiger partial charge in [-0.3, -0.25) is 24.0 Å². The number of carbonyl (C=O) groups excluding carboxylic acids is 5. The molecule has 15 heteroatoms. The molecule has 0 bridgehead atoms. The Hall–Kier alpha value is -3.91. The second kappa shape index (κ2) is 17.5. The number of amides is 6. The van der Waals surface area contributed by atoms with E-state index in [0.29, 0.717) is 19.3 Å². The summed E-state index contributed by atoms with van der Waals surface area (Å²) in [6.45, 7) is 12.6. The summed E-state index contributed by atoms with van der Waals surface area (Å²) in [4.78, 5) is 91.6. The standard InChI is InChI=1S/C30H52N6O9/c1-9-17(10-2)32-29(45)35-23(30(5,6)7)27(42)36-13-11-12-18(24(39)31-8)22(36)26(41)33-19(15-21(37)38)25(40)34-20(28(43)44)14-16(3)4/h16-20,22-23H,9-15H2,1-8H3,(H,31,39)(H,33,41)(H,34,40)(H,37,38)(H,43,44)(H2,32,35,45). The number of rotatable bonds is 15. The number of hydrogen-bond acceptors (Lipinski definition) is 7. The normalized spacial score (nSPS) is 18.8. The Balaban J connectivity index is 3.47. The number of piperidine rings is 1. The lowest BCUT2D eigenvalue weighted by atomic mass is 9.82. The van der Waals surface area contributed by atoms with E-state index in [0.717, 1.165) is 0 Å². The van der Waals surface area contributed by atoms with Gasteiger partial charge in [-0.15, -0.1) is 0 Å². The van der Waals surface area contributed by atoms with Crippen molar-refractivity contribution in [3.63, 3.8) is 0 Å². The molecule has 0 saturated carbocycles. The monoisotopic (exact) mass is 640 g/mol. The van der Waals surface area contributed by atoms with Gasteiger partial charge >= 0.3 is 18.0 Å². The molecule has 5 unspecified atom stereocenters. The van der Waals surface area contributed by atoms with E-state index in [2.05, 4.69) is 26.6 Å². The molecule has 7 N–H and O–H groups in total. The predicted octanol–water partition coefficient (Wildman–Crippen LogP) is 0.817. The maximum atomic E-state index is 14.1. The van der Waals surface area contributed by atoms with Crippen molar-refractivity contribution in [1.82, 2.24) is 31.5 Å². The van der Waals surface area contributed by atoms with Crippen LogP contribution < -0.4 is 26.6 Å². The molecule has 0 aromatic rings. The fourth-order valence-electron chi connectivity index (χ4n) is 5.30. The van der Waals surface area contributed by atoms with Crippen molar-refractivity contribution in [2.75, 3.05) is 13.6 Å². The summed E-state index contributed by atoms with van der Waals surface area (Å²) in [5.74, 6) is -7.08. The molecule has 45 heavy (non-hydrogen) atoms. The SMILES string of the molecule is CCC(CC)NC(=O)NC(C(=O)N1CCCC(C(=O)NC)C1C(=O)NC(CC(=O)O)C(=O)NC(CC(C)C)C(=O)O)C(C)(C)C. The first kappa shape index (κ1) is 39.1. The quantitative estimate of drug-likeness (QED) is 0.134. The number of likely N-dealkylation sites (tertiary alicyclic amines) is 1. The van der Waals surface area contributed by atoms with Gasteiger partial charge in [-0.25, -0.2) is 9.59 Å². The Morgan fingerprint density at radius 3 is 1.93 bits per heavy atom. The van der Waals surface area contributed by atoms with Crippen LogP contribution in [0.5, 0.6) is 0 Å². The van der Waals surface area contributed by atoms with Gasteiger partial charge in [0, 0.05) is 19.6 Å². The number of hydrogen-bond donors (Lipinski definition) is 7. The van der Waals surface area contributed by atoms with Crippen LogP contribution in [0.3, 0.4) is 0 Å². The zero-order chi connectivity index (χ0) is 34.6. The maximum absolute atomic E-state index is 14.1. The molecule has 6 amide bonds. The number of carboxylic acid groups (broad SMARTS) is 2. The van der Waals surface area contributed by atoms with Gasteiger partial charge in [-0.2, -0.15) is 0 Å². The van der Waals surface area contributed by atoms with Crippen LogP contribution >= 0.6 is 0 Å². The first-order chi connectivity index (χ1) is 20.9. The number of urea groups is 1. The molecular weight excluding hydrogens is 588 g/mol. The van der Waals surface area contributed by atoms with E-state index in [-0.39, 0.29) is 31.3 Å². The van der Waals surface area contributed by atoms with E-state index in [9.17, 15) is 43.8 Å². The second-order valence-electron chi connectivity index (χ2n) is 13.0. The minimum atomic E-state index is -1.70. The van der Waals surface area contributed by atoms with Crippen LogP contribution in [0.25, 0.3) is 0 Å². The predicted molar refractivity (Wildman–Crippen MR) is 165 cm³/mol. The molecule has 0 aliphatic carbocycles. The highest BCUT2D eigenvalue weighted by atomic mass is 16.4. The third-order valence-corrected chi connectivity index (χ3v) is 7.81. The van der Waals surface area contributed by atoms with Gasteiger partial charge in [0.1, 0.15) is 24.2 Å². The Morgan fingerprint density at radius 1 is 0.867 bits per heavy atom. The van der Waals surface area contributed by atoms with Crippen LogP contribution in [-0.4, -0.2) is 101 Å². The van der Waals surface area contributed by atoms with Gasteiger partial charge in [-0.1, -0.05) is 48.5 Å². The Morgan fingerprint density at radius 2 is 1.47 bits per heavy atom. The Bertz CT molecular complexity index is 1090. The molecule has 1 rings (SSSR count). The van der Waals surface area contributed by atoms with E-state index in [1.807, 2.05) is 13.8 Å². The minimum absolute atomic E-state index is 0.0537. The van der Waals surface area contributed by atoms with Crippen molar-refractivity contribution < 1.29 is 43.8 Å². The van der Waals surface area contributed by atoms with Crippen LogP contribution in [0.15, 0.2) is 0 Å². The number of aliphatic carboxylic acids is 2. The van der Waals surface area contributed by atoms with Crippen LogP contribution in [0, 0.1) is 17.3 Å². The first-order valence-corrected chi connectivity index (χ1v) is 15.5. The molecule has 1 saturated heterocycles. The second-order valence-corrected chi connectivity index (χ2v) is 13.0. The van der Waals surface area contributed by atoms with Crippen molar-refractivity contribution in [2.24, 2.45) is 17.3 Å². The lowest BCUT2D eigenvalue weighted by molar-refractivity contribution is -0.152. The third-order valence-electron chi connectivity index (χ3n) is 7.81. The molecule has 1 aliphatic rings. The van der Waals surface area contributed by atoms with Gasteiger partial charge in [0.2, 0.25) is 23.6 Å². The molecular formula is C30H52N6O9. The molecule has 0 radical (unpaired) electrons. The number of nitrogens with one attached hydrogen (secondary N) is 5. The summed E-state index contributed by atoms with van der Waals surface area (Å²) in [7, 11) is 1.38. The van der Waals surface area contributed by atoms with Crippen molar-refractivity contribution >= 4 is 41.6 Å².